The average molecular weight is 168 g/mol. The number of ketones is 1. The fourth-order valence-electron chi connectivity index (χ4n) is 0.310. The van der Waals surface area contributed by atoms with Gasteiger partial charge in [0.05, 0.1) is 6.04 Å². The number of rotatable bonds is 3. The molecule has 60 valence electrons. The SMILES string of the molecule is CC(N)C(=O)CC(=O)O.Cl. The van der Waals surface area contributed by atoms with Gasteiger partial charge >= 0.3 is 5.97 Å². The van der Waals surface area contributed by atoms with Crippen molar-refractivity contribution in [1.82, 2.24) is 0 Å². The molecule has 0 heterocycles. The van der Waals surface area contributed by atoms with Crippen molar-refractivity contribution in [2.24, 2.45) is 5.73 Å². The molecule has 0 aromatic carbocycles. The summed E-state index contributed by atoms with van der Waals surface area (Å²) in [6.45, 7) is 1.46. The van der Waals surface area contributed by atoms with Crippen LogP contribution in [0.4, 0.5) is 0 Å². The number of Topliss-reactive ketones (excluding diaryl/α,β-unsaturated/α-hetero) is 1. The molecule has 0 amide bonds. The Labute approximate surface area is 64.8 Å². The van der Waals surface area contributed by atoms with E-state index in [4.69, 9.17) is 10.8 Å². The molecule has 0 aromatic rings. The van der Waals surface area contributed by atoms with Crippen LogP contribution in [0.1, 0.15) is 13.3 Å². The molecule has 4 nitrogen and oxygen atoms in total. The second kappa shape index (κ2) is 5.20. The normalized spacial score (nSPS) is 11.4. The van der Waals surface area contributed by atoms with Gasteiger partial charge < -0.3 is 10.8 Å². The second-order valence-electron chi connectivity index (χ2n) is 1.83. The van der Waals surface area contributed by atoms with Crippen molar-refractivity contribution < 1.29 is 14.7 Å². The molecule has 0 saturated heterocycles. The predicted molar refractivity (Wildman–Crippen MR) is 38.2 cm³/mol. The fraction of sp³-hybridized carbons (Fsp3) is 0.600. The second-order valence-corrected chi connectivity index (χ2v) is 1.83. The molecule has 0 aromatic heterocycles. The van der Waals surface area contributed by atoms with Gasteiger partial charge in [-0.25, -0.2) is 0 Å². The van der Waals surface area contributed by atoms with Gasteiger partial charge in [-0.2, -0.15) is 0 Å². The summed E-state index contributed by atoms with van der Waals surface area (Å²) in [5.74, 6) is -1.57. The monoisotopic (exact) mass is 167 g/mol. The van der Waals surface area contributed by atoms with Crippen molar-refractivity contribution in [1.29, 1.82) is 0 Å². The van der Waals surface area contributed by atoms with Gasteiger partial charge in [0.15, 0.2) is 5.78 Å². The molecule has 3 N–H and O–H groups in total. The molecule has 5 heteroatoms. The minimum Gasteiger partial charge on any atom is -0.481 e. The lowest BCUT2D eigenvalue weighted by molar-refractivity contribution is -0.140. The van der Waals surface area contributed by atoms with Crippen molar-refractivity contribution in [2.75, 3.05) is 0 Å². The Morgan fingerprint density at radius 2 is 2.00 bits per heavy atom. The number of halogens is 1. The number of nitrogens with two attached hydrogens (primary N) is 1. The van der Waals surface area contributed by atoms with Gasteiger partial charge in [0.2, 0.25) is 0 Å². The first-order valence-electron chi connectivity index (χ1n) is 2.54. The Morgan fingerprint density at radius 3 is 2.10 bits per heavy atom. The van der Waals surface area contributed by atoms with Crippen LogP contribution in [0.15, 0.2) is 0 Å². The topological polar surface area (TPSA) is 80.4 Å². The van der Waals surface area contributed by atoms with Crippen molar-refractivity contribution in [3.8, 4) is 0 Å². The summed E-state index contributed by atoms with van der Waals surface area (Å²) < 4.78 is 0. The van der Waals surface area contributed by atoms with E-state index < -0.39 is 24.2 Å². The largest absolute Gasteiger partial charge is 0.481 e. The highest BCUT2D eigenvalue weighted by Gasteiger charge is 2.10. The Hall–Kier alpha value is -0.610. The number of carboxylic acids is 1. The van der Waals surface area contributed by atoms with Crippen LogP contribution in [-0.2, 0) is 9.59 Å². The summed E-state index contributed by atoms with van der Waals surface area (Å²) in [4.78, 5) is 20.3. The van der Waals surface area contributed by atoms with Crippen LogP contribution in [-0.4, -0.2) is 22.9 Å². The van der Waals surface area contributed by atoms with E-state index in [2.05, 4.69) is 0 Å². The van der Waals surface area contributed by atoms with Crippen molar-refractivity contribution in [2.45, 2.75) is 19.4 Å². The molecule has 1 unspecified atom stereocenters. The van der Waals surface area contributed by atoms with E-state index in [0.717, 1.165) is 0 Å². The lowest BCUT2D eigenvalue weighted by atomic mass is 10.2. The van der Waals surface area contributed by atoms with Gasteiger partial charge in [-0.1, -0.05) is 0 Å². The first kappa shape index (κ1) is 12.1. The minimum absolute atomic E-state index is 0. The Kier molecular flexibility index (Phi) is 6.29. The van der Waals surface area contributed by atoms with E-state index in [1.807, 2.05) is 0 Å². The number of carbonyl (C=O) groups is 2. The summed E-state index contributed by atoms with van der Waals surface area (Å²) in [6.07, 6.45) is -0.475. The zero-order valence-electron chi connectivity index (χ0n) is 5.53. The molecule has 0 radical (unpaired) electrons. The van der Waals surface area contributed by atoms with E-state index in [0.29, 0.717) is 0 Å². The molecule has 0 aliphatic carbocycles. The summed E-state index contributed by atoms with van der Waals surface area (Å²) in [7, 11) is 0. The molecular formula is C5H10ClNO3. The molecule has 0 rings (SSSR count). The Balaban J connectivity index is 0. The molecule has 1 atom stereocenters. The first-order chi connectivity index (χ1) is 4.04. The summed E-state index contributed by atoms with van der Waals surface area (Å²) >= 11 is 0. The van der Waals surface area contributed by atoms with Crippen LogP contribution >= 0.6 is 12.4 Å². The number of aliphatic carboxylic acids is 1. The van der Waals surface area contributed by atoms with Crippen molar-refractivity contribution >= 4 is 24.2 Å². The number of hydrogen-bond donors (Lipinski definition) is 2. The third-order valence-electron chi connectivity index (χ3n) is 0.833. The molecular weight excluding hydrogens is 158 g/mol. The Morgan fingerprint density at radius 1 is 1.60 bits per heavy atom. The summed E-state index contributed by atoms with van der Waals surface area (Å²) in [5, 5.41) is 8.06. The van der Waals surface area contributed by atoms with Crippen molar-refractivity contribution in [3.63, 3.8) is 0 Å². The highest BCUT2D eigenvalue weighted by molar-refractivity contribution is 5.97. The molecule has 0 saturated carbocycles. The van der Waals surface area contributed by atoms with Crippen LogP contribution < -0.4 is 5.73 Å². The van der Waals surface area contributed by atoms with E-state index in [-0.39, 0.29) is 12.4 Å². The minimum atomic E-state index is -1.13. The Bertz CT molecular complexity index is 135. The maximum absolute atomic E-state index is 10.4. The van der Waals surface area contributed by atoms with E-state index in [1.165, 1.54) is 6.92 Å². The molecule has 0 fully saturated rings. The third kappa shape index (κ3) is 5.53. The maximum Gasteiger partial charge on any atom is 0.310 e. The number of carboxylic acid groups (broad SMARTS) is 1. The first-order valence-corrected chi connectivity index (χ1v) is 2.54. The van der Waals surface area contributed by atoms with Crippen LogP contribution in [0.5, 0.6) is 0 Å². The molecule has 0 aliphatic rings. The van der Waals surface area contributed by atoms with Gasteiger partial charge in [-0.3, -0.25) is 9.59 Å². The zero-order valence-corrected chi connectivity index (χ0v) is 6.35. The van der Waals surface area contributed by atoms with Crippen molar-refractivity contribution in [3.05, 3.63) is 0 Å². The van der Waals surface area contributed by atoms with Gasteiger partial charge in [0.1, 0.15) is 6.42 Å². The third-order valence-corrected chi connectivity index (χ3v) is 0.833. The van der Waals surface area contributed by atoms with Gasteiger partial charge in [0.25, 0.3) is 0 Å². The maximum atomic E-state index is 10.4. The number of carbonyl (C=O) groups excluding carboxylic acids is 1. The average Bonchev–Trinajstić information content (AvgIpc) is 1.63. The number of hydrogen-bond acceptors (Lipinski definition) is 3. The standard InChI is InChI=1S/C5H9NO3.ClH/c1-3(6)4(7)2-5(8)9;/h3H,2,6H2,1H3,(H,8,9);1H. The summed E-state index contributed by atoms with van der Waals surface area (Å²) in [6, 6.07) is -0.666. The van der Waals surface area contributed by atoms with E-state index in [1.54, 1.807) is 0 Å². The van der Waals surface area contributed by atoms with Gasteiger partial charge in [-0.15, -0.1) is 12.4 Å². The van der Waals surface area contributed by atoms with Crippen LogP contribution in [0.25, 0.3) is 0 Å². The lowest BCUT2D eigenvalue weighted by Crippen LogP contribution is -2.28. The lowest BCUT2D eigenvalue weighted by Gasteiger charge is -1.98. The predicted octanol–water partition coefficient (Wildman–Crippen LogP) is -0.201. The quantitative estimate of drug-likeness (QED) is 0.571. The van der Waals surface area contributed by atoms with Gasteiger partial charge in [-0.05, 0) is 6.92 Å². The zero-order chi connectivity index (χ0) is 7.44. The molecule has 0 bridgehead atoms. The van der Waals surface area contributed by atoms with Gasteiger partial charge in [0, 0.05) is 0 Å². The highest BCUT2D eigenvalue weighted by atomic mass is 35.5. The fourth-order valence-corrected chi connectivity index (χ4v) is 0.310. The molecule has 0 spiro atoms. The van der Waals surface area contributed by atoms with Crippen LogP contribution in [0.2, 0.25) is 0 Å². The summed E-state index contributed by atoms with van der Waals surface area (Å²) in [5.41, 5.74) is 5.07. The highest BCUT2D eigenvalue weighted by Crippen LogP contribution is 1.86. The smallest absolute Gasteiger partial charge is 0.310 e. The van der Waals surface area contributed by atoms with Crippen LogP contribution in [0, 0.1) is 0 Å². The molecule has 0 aliphatic heterocycles. The van der Waals surface area contributed by atoms with Crippen LogP contribution in [0.3, 0.4) is 0 Å². The molecule has 10 heavy (non-hydrogen) atoms. The van der Waals surface area contributed by atoms with E-state index in [9.17, 15) is 9.59 Å². The van der Waals surface area contributed by atoms with E-state index >= 15 is 0 Å².